The lowest BCUT2D eigenvalue weighted by Crippen LogP contribution is -2.24. The Morgan fingerprint density at radius 1 is 1.04 bits per heavy atom. The lowest BCUT2D eigenvalue weighted by atomic mass is 10.0. The van der Waals surface area contributed by atoms with E-state index >= 15 is 0 Å². The molecule has 0 amide bonds. The molecule has 0 saturated heterocycles. The first-order valence-corrected chi connectivity index (χ1v) is 7.04. The summed E-state index contributed by atoms with van der Waals surface area (Å²) in [5.74, 6) is -1.20. The molecule has 24 heavy (non-hydrogen) atoms. The van der Waals surface area contributed by atoms with Gasteiger partial charge < -0.3 is 0 Å². The van der Waals surface area contributed by atoms with E-state index in [0.717, 1.165) is 0 Å². The molecular formula is C14H15N6O4+. The second-order valence-corrected chi connectivity index (χ2v) is 5.37. The molecule has 3 aromatic rings. The summed E-state index contributed by atoms with van der Waals surface area (Å²) >= 11 is 0. The highest BCUT2D eigenvalue weighted by atomic mass is 16.7. The maximum Gasteiger partial charge on any atom is 0.324 e. The van der Waals surface area contributed by atoms with Crippen molar-refractivity contribution in [3.05, 3.63) is 51.2 Å². The zero-order valence-electron chi connectivity index (χ0n) is 13.5. The molecule has 1 N–H and O–H groups in total. The van der Waals surface area contributed by atoms with Crippen LogP contribution in [0.2, 0.25) is 0 Å². The molecule has 3 heterocycles. The van der Waals surface area contributed by atoms with Gasteiger partial charge in [-0.15, -0.1) is 0 Å². The summed E-state index contributed by atoms with van der Waals surface area (Å²) in [7, 11) is 3.36. The second-order valence-electron chi connectivity index (χ2n) is 5.37. The molecule has 0 spiro atoms. The minimum atomic E-state index is -0.648. The lowest BCUT2D eigenvalue weighted by molar-refractivity contribution is -0.714. The number of nitrogens with one attached hydrogen (secondary N) is 1. The average Bonchev–Trinajstić information content (AvgIpc) is 3.19. The molecule has 0 atom stereocenters. The third-order valence-electron chi connectivity index (χ3n) is 4.05. The van der Waals surface area contributed by atoms with E-state index in [9.17, 15) is 14.5 Å². The molecule has 0 radical (unpaired) electrons. The van der Waals surface area contributed by atoms with Gasteiger partial charge in [0.05, 0.1) is 23.5 Å². The standard InChI is InChI=1S/C14H14N6O4/c1-7-9(5-15-18(7)3)13(21)11-12(20(23)24-17-11)14(22)10-6-16-19(4)8(10)2/h5-6H,1-4H3/p+1. The van der Waals surface area contributed by atoms with Gasteiger partial charge in [0.15, 0.2) is 4.60 Å². The van der Waals surface area contributed by atoms with E-state index in [2.05, 4.69) is 20.0 Å². The number of carbonyl (C=O) groups is 2. The number of H-pyrrole nitrogens is 1. The predicted octanol–water partition coefficient (Wildman–Crippen LogP) is 0.0680. The average molecular weight is 331 g/mol. The summed E-state index contributed by atoms with van der Waals surface area (Å²) in [6.45, 7) is 3.39. The smallest absolute Gasteiger partial charge is 0.284 e. The van der Waals surface area contributed by atoms with Crippen LogP contribution < -0.4 is 4.60 Å². The van der Waals surface area contributed by atoms with Crippen molar-refractivity contribution < 1.29 is 18.8 Å². The van der Waals surface area contributed by atoms with Crippen LogP contribution in [0.15, 0.2) is 17.0 Å². The Labute approximate surface area is 135 Å². The lowest BCUT2D eigenvalue weighted by Gasteiger charge is -1.97. The number of aryl methyl sites for hydroxylation is 2. The van der Waals surface area contributed by atoms with Crippen LogP contribution in [0.25, 0.3) is 0 Å². The Bertz CT molecular complexity index is 1020. The van der Waals surface area contributed by atoms with Gasteiger partial charge in [0.2, 0.25) is 11.6 Å². The van der Waals surface area contributed by atoms with Crippen molar-refractivity contribution in [3.63, 3.8) is 0 Å². The van der Waals surface area contributed by atoms with E-state index < -0.39 is 17.3 Å². The molecule has 0 fully saturated rings. The Balaban J connectivity index is 2.11. The van der Waals surface area contributed by atoms with Crippen molar-refractivity contribution in [2.75, 3.05) is 0 Å². The summed E-state index contributed by atoms with van der Waals surface area (Å²) in [6.07, 6.45) is 2.71. The van der Waals surface area contributed by atoms with Crippen molar-refractivity contribution in [1.29, 1.82) is 0 Å². The number of ketones is 2. The molecule has 0 aromatic carbocycles. The summed E-state index contributed by atoms with van der Waals surface area (Å²) in [5.41, 5.74) is 1.01. The second kappa shape index (κ2) is 5.41. The molecule has 0 aliphatic rings. The van der Waals surface area contributed by atoms with Gasteiger partial charge in [-0.1, -0.05) is 9.79 Å². The van der Waals surface area contributed by atoms with Gasteiger partial charge in [-0.3, -0.25) is 19.0 Å². The van der Waals surface area contributed by atoms with Crippen LogP contribution in [0, 0.1) is 18.8 Å². The minimum absolute atomic E-state index is 0.00624. The van der Waals surface area contributed by atoms with Crippen LogP contribution >= 0.6 is 0 Å². The Morgan fingerprint density at radius 2 is 1.54 bits per heavy atom. The zero-order chi connectivity index (χ0) is 17.6. The molecule has 0 aliphatic heterocycles. The fourth-order valence-corrected chi connectivity index (χ4v) is 2.33. The van der Waals surface area contributed by atoms with Crippen molar-refractivity contribution >= 4 is 11.6 Å². The predicted molar refractivity (Wildman–Crippen MR) is 79.2 cm³/mol. The highest BCUT2D eigenvalue weighted by molar-refractivity contribution is 6.17. The van der Waals surface area contributed by atoms with E-state index in [1.165, 1.54) is 21.8 Å². The summed E-state index contributed by atoms with van der Waals surface area (Å²) < 4.78 is 7.63. The van der Waals surface area contributed by atoms with E-state index in [1.807, 2.05) is 0 Å². The van der Waals surface area contributed by atoms with E-state index in [1.54, 1.807) is 27.9 Å². The largest absolute Gasteiger partial charge is 0.324 e. The molecule has 124 valence electrons. The Kier molecular flexibility index (Phi) is 3.51. The quantitative estimate of drug-likeness (QED) is 0.675. The molecule has 10 heteroatoms. The molecule has 0 bridgehead atoms. The summed E-state index contributed by atoms with van der Waals surface area (Å²) in [6, 6.07) is 0. The van der Waals surface area contributed by atoms with Gasteiger partial charge in [0.25, 0.3) is 5.69 Å². The topological polar surface area (TPSA) is 122 Å². The van der Waals surface area contributed by atoms with Crippen LogP contribution in [0.5, 0.6) is 0 Å². The van der Waals surface area contributed by atoms with Gasteiger partial charge in [0.1, 0.15) is 0 Å². The highest BCUT2D eigenvalue weighted by Crippen LogP contribution is 2.17. The maximum absolute atomic E-state index is 12.7. The van der Waals surface area contributed by atoms with Gasteiger partial charge in [-0.25, -0.2) is 0 Å². The fourth-order valence-electron chi connectivity index (χ4n) is 2.33. The molecule has 0 unspecified atom stereocenters. The van der Waals surface area contributed by atoms with E-state index in [4.69, 9.17) is 0 Å². The van der Waals surface area contributed by atoms with Crippen LogP contribution in [0.3, 0.4) is 0 Å². The van der Waals surface area contributed by atoms with E-state index in [0.29, 0.717) is 11.4 Å². The Morgan fingerprint density at radius 3 is 2.00 bits per heavy atom. The van der Waals surface area contributed by atoms with Gasteiger partial charge in [-0.05, 0) is 18.8 Å². The third-order valence-corrected chi connectivity index (χ3v) is 4.05. The third kappa shape index (κ3) is 2.19. The van der Waals surface area contributed by atoms with Crippen molar-refractivity contribution in [3.8, 4) is 0 Å². The highest BCUT2D eigenvalue weighted by Gasteiger charge is 2.36. The maximum atomic E-state index is 12.7. The first-order valence-electron chi connectivity index (χ1n) is 7.04. The SMILES string of the molecule is Cc1c(C(=O)c2[nH]o[n+](=O)c2C(=O)c2cnn(C)c2C)cnn1C. The van der Waals surface area contributed by atoms with Gasteiger partial charge in [-0.2, -0.15) is 10.2 Å². The molecule has 10 nitrogen and oxygen atoms in total. The first-order chi connectivity index (χ1) is 11.3. The normalized spacial score (nSPS) is 11.0. The zero-order valence-corrected chi connectivity index (χ0v) is 13.5. The van der Waals surface area contributed by atoms with Crippen molar-refractivity contribution in [2.24, 2.45) is 14.1 Å². The molecule has 0 saturated carbocycles. The number of aromatic nitrogens is 6. The summed E-state index contributed by atoms with van der Waals surface area (Å²) in [5, 5.41) is 10.2. The number of hydrogen-bond acceptors (Lipinski definition) is 6. The van der Waals surface area contributed by atoms with Crippen molar-refractivity contribution in [1.82, 2.24) is 24.7 Å². The van der Waals surface area contributed by atoms with Crippen LogP contribution in [0.4, 0.5) is 0 Å². The number of hydrogen-bond donors (Lipinski definition) is 1. The number of nitrogens with zero attached hydrogens (tertiary/aromatic N) is 5. The molecule has 0 aliphatic carbocycles. The molecule has 3 aromatic heterocycles. The van der Waals surface area contributed by atoms with Crippen LogP contribution in [0.1, 0.15) is 43.5 Å². The first kappa shape index (κ1) is 15.6. The van der Waals surface area contributed by atoms with Gasteiger partial charge >= 0.3 is 5.69 Å². The van der Waals surface area contributed by atoms with Crippen LogP contribution in [-0.2, 0) is 14.1 Å². The monoisotopic (exact) mass is 331 g/mol. The van der Waals surface area contributed by atoms with E-state index in [-0.39, 0.29) is 21.4 Å². The van der Waals surface area contributed by atoms with Crippen LogP contribution in [-0.4, -0.2) is 36.3 Å². The molecular weight excluding hydrogens is 316 g/mol. The Hall–Kier alpha value is -3.30. The fraction of sp³-hybridized carbons (Fsp3) is 0.286. The minimum Gasteiger partial charge on any atom is -0.284 e. The van der Waals surface area contributed by atoms with Crippen molar-refractivity contribution in [2.45, 2.75) is 13.8 Å². The van der Waals surface area contributed by atoms with Gasteiger partial charge in [0, 0.05) is 25.5 Å². The molecule has 3 rings (SSSR count). The summed E-state index contributed by atoms with van der Waals surface area (Å²) in [4.78, 5) is 37.2. The number of rotatable bonds is 4. The number of aromatic amines is 1. The number of carbonyl (C=O) groups excluding carboxylic acids is 2.